The van der Waals surface area contributed by atoms with Crippen molar-refractivity contribution in [3.63, 3.8) is 0 Å². The summed E-state index contributed by atoms with van der Waals surface area (Å²) in [5, 5.41) is 9.23. The van der Waals surface area contributed by atoms with Gasteiger partial charge in [-0.2, -0.15) is 0 Å². The molecule has 0 unspecified atom stereocenters. The zero-order valence-electron chi connectivity index (χ0n) is 14.3. The molecule has 1 N–H and O–H groups in total. The van der Waals surface area contributed by atoms with Gasteiger partial charge in [0.05, 0.1) is 18.6 Å². The van der Waals surface area contributed by atoms with Gasteiger partial charge in [-0.15, -0.1) is 0 Å². The van der Waals surface area contributed by atoms with Crippen molar-refractivity contribution in [3.8, 4) is 17.2 Å². The second-order valence-corrected chi connectivity index (χ2v) is 6.56. The van der Waals surface area contributed by atoms with Crippen molar-refractivity contribution >= 4 is 29.0 Å². The lowest BCUT2D eigenvalue weighted by Gasteiger charge is -2.13. The van der Waals surface area contributed by atoms with E-state index in [1.807, 2.05) is 0 Å². The highest BCUT2D eigenvalue weighted by atomic mass is 32.2. The average Bonchev–Trinajstić information content (AvgIpc) is 2.92. The van der Waals surface area contributed by atoms with Gasteiger partial charge in [0.2, 0.25) is 0 Å². The number of rotatable bonds is 6. The first kappa shape index (κ1) is 18.8. The molecule has 0 atom stereocenters. The van der Waals surface area contributed by atoms with Crippen LogP contribution in [0.4, 0.5) is 9.18 Å². The van der Waals surface area contributed by atoms with Crippen molar-refractivity contribution in [1.29, 1.82) is 0 Å². The lowest BCUT2D eigenvalue weighted by Crippen LogP contribution is -2.32. The first-order chi connectivity index (χ1) is 13.0. The Labute approximate surface area is 159 Å². The fourth-order valence-corrected chi connectivity index (χ4v) is 3.28. The van der Waals surface area contributed by atoms with Crippen LogP contribution in [-0.4, -0.2) is 41.4 Å². The van der Waals surface area contributed by atoms with Gasteiger partial charge < -0.3 is 14.6 Å². The number of thioether (sulfide) groups is 1. The number of phenolic OH excluding ortho intramolecular Hbond substituents is 1. The normalized spacial score (nSPS) is 15.5. The molecule has 1 fully saturated rings. The van der Waals surface area contributed by atoms with Gasteiger partial charge in [-0.25, -0.2) is 4.39 Å². The number of methoxy groups -OCH3 is 1. The lowest BCUT2D eigenvalue weighted by molar-refractivity contribution is -0.123. The monoisotopic (exact) mass is 389 g/mol. The van der Waals surface area contributed by atoms with Crippen LogP contribution in [0.2, 0.25) is 0 Å². The van der Waals surface area contributed by atoms with Gasteiger partial charge >= 0.3 is 0 Å². The molecular weight excluding hydrogens is 373 g/mol. The van der Waals surface area contributed by atoms with Crippen LogP contribution in [0.1, 0.15) is 5.56 Å². The molecule has 0 radical (unpaired) electrons. The van der Waals surface area contributed by atoms with Crippen LogP contribution in [0.15, 0.2) is 47.4 Å². The first-order valence-electron chi connectivity index (χ1n) is 7.98. The molecule has 2 amide bonds. The minimum absolute atomic E-state index is 0.0132. The molecule has 0 saturated carbocycles. The third kappa shape index (κ3) is 4.40. The molecule has 0 aliphatic carbocycles. The molecule has 2 aromatic rings. The SMILES string of the molecule is COc1cc(/C=C2\SC(=O)N(CCOc3ccc(F)cc3)C2=O)ccc1O. The first-order valence-corrected chi connectivity index (χ1v) is 8.80. The molecule has 0 spiro atoms. The van der Waals surface area contributed by atoms with Crippen molar-refractivity contribution in [2.45, 2.75) is 0 Å². The molecule has 0 bridgehead atoms. The zero-order chi connectivity index (χ0) is 19.4. The topological polar surface area (TPSA) is 76.1 Å². The number of carbonyl (C=O) groups is 2. The number of carbonyl (C=O) groups excluding carboxylic acids is 2. The van der Waals surface area contributed by atoms with E-state index in [0.29, 0.717) is 11.3 Å². The summed E-state index contributed by atoms with van der Waals surface area (Å²) in [5.74, 6) is -0.0736. The van der Waals surface area contributed by atoms with Gasteiger partial charge in [-0.05, 0) is 59.8 Å². The number of aromatic hydroxyl groups is 1. The van der Waals surface area contributed by atoms with E-state index in [1.54, 1.807) is 18.2 Å². The van der Waals surface area contributed by atoms with Crippen molar-refractivity contribution in [1.82, 2.24) is 4.90 Å². The number of amides is 2. The number of hydrogen-bond donors (Lipinski definition) is 1. The predicted octanol–water partition coefficient (Wildman–Crippen LogP) is 3.66. The minimum atomic E-state index is -0.417. The maximum Gasteiger partial charge on any atom is 0.293 e. The fourth-order valence-electron chi connectivity index (χ4n) is 2.41. The second-order valence-electron chi connectivity index (χ2n) is 5.57. The highest BCUT2D eigenvalue weighted by Gasteiger charge is 2.34. The van der Waals surface area contributed by atoms with Crippen molar-refractivity contribution < 1.29 is 28.6 Å². The third-order valence-electron chi connectivity index (χ3n) is 3.77. The Morgan fingerprint density at radius 1 is 1.19 bits per heavy atom. The molecule has 1 aliphatic heterocycles. The van der Waals surface area contributed by atoms with Crippen LogP contribution in [0.3, 0.4) is 0 Å². The van der Waals surface area contributed by atoms with Gasteiger partial charge in [0.1, 0.15) is 18.2 Å². The van der Waals surface area contributed by atoms with Gasteiger partial charge in [-0.1, -0.05) is 6.07 Å². The van der Waals surface area contributed by atoms with Crippen molar-refractivity contribution in [2.24, 2.45) is 0 Å². The van der Waals surface area contributed by atoms with Crippen LogP contribution in [0, 0.1) is 5.82 Å². The molecule has 27 heavy (non-hydrogen) atoms. The Bertz CT molecular complexity index is 897. The molecule has 1 heterocycles. The minimum Gasteiger partial charge on any atom is -0.504 e. The number of imide groups is 1. The van der Waals surface area contributed by atoms with Gasteiger partial charge in [0, 0.05) is 0 Å². The molecule has 1 aliphatic rings. The summed E-state index contributed by atoms with van der Waals surface area (Å²) >= 11 is 0.833. The Kier molecular flexibility index (Phi) is 5.66. The van der Waals surface area contributed by atoms with Crippen LogP contribution in [0.25, 0.3) is 6.08 Å². The van der Waals surface area contributed by atoms with Crippen LogP contribution >= 0.6 is 11.8 Å². The summed E-state index contributed by atoms with van der Waals surface area (Å²) in [7, 11) is 1.42. The number of benzene rings is 2. The molecule has 1 saturated heterocycles. The average molecular weight is 389 g/mol. The summed E-state index contributed by atoms with van der Waals surface area (Å²) in [6.45, 7) is 0.183. The fraction of sp³-hybridized carbons (Fsp3) is 0.158. The number of hydrogen-bond acceptors (Lipinski definition) is 6. The van der Waals surface area contributed by atoms with E-state index in [1.165, 1.54) is 37.4 Å². The molecule has 2 aromatic carbocycles. The smallest absolute Gasteiger partial charge is 0.293 e. The second kappa shape index (κ2) is 8.13. The predicted molar refractivity (Wildman–Crippen MR) is 99.2 cm³/mol. The van der Waals surface area contributed by atoms with E-state index in [2.05, 4.69) is 0 Å². The number of ether oxygens (including phenoxy) is 2. The summed E-state index contributed by atoms with van der Waals surface area (Å²) in [4.78, 5) is 25.9. The quantitative estimate of drug-likeness (QED) is 0.760. The van der Waals surface area contributed by atoms with E-state index < -0.39 is 5.91 Å². The van der Waals surface area contributed by atoms with E-state index >= 15 is 0 Å². The van der Waals surface area contributed by atoms with Gasteiger partial charge in [0.25, 0.3) is 11.1 Å². The van der Waals surface area contributed by atoms with Crippen LogP contribution < -0.4 is 9.47 Å². The Morgan fingerprint density at radius 3 is 2.63 bits per heavy atom. The lowest BCUT2D eigenvalue weighted by atomic mass is 10.2. The maximum atomic E-state index is 12.9. The molecule has 0 aromatic heterocycles. The van der Waals surface area contributed by atoms with Crippen LogP contribution in [-0.2, 0) is 4.79 Å². The molecule has 140 valence electrons. The van der Waals surface area contributed by atoms with E-state index in [4.69, 9.17) is 9.47 Å². The highest BCUT2D eigenvalue weighted by Crippen LogP contribution is 2.34. The number of halogens is 1. The number of nitrogens with zero attached hydrogens (tertiary/aromatic N) is 1. The van der Waals surface area contributed by atoms with Crippen LogP contribution in [0.5, 0.6) is 17.2 Å². The Morgan fingerprint density at radius 2 is 1.93 bits per heavy atom. The standard InChI is InChI=1S/C19H16FNO5S/c1-25-16-10-12(2-7-15(16)22)11-17-18(23)21(19(24)27-17)8-9-26-14-5-3-13(20)4-6-14/h2-7,10-11,22H,8-9H2,1H3/b17-11-. The Balaban J connectivity index is 1.65. The molecular formula is C19H16FNO5S. The van der Waals surface area contributed by atoms with E-state index in [0.717, 1.165) is 16.7 Å². The summed E-state index contributed by atoms with van der Waals surface area (Å²) in [5.41, 5.74) is 0.623. The van der Waals surface area contributed by atoms with E-state index in [-0.39, 0.29) is 40.6 Å². The zero-order valence-corrected chi connectivity index (χ0v) is 15.2. The highest BCUT2D eigenvalue weighted by molar-refractivity contribution is 8.18. The summed E-state index contributed by atoms with van der Waals surface area (Å²) < 4.78 is 23.3. The summed E-state index contributed by atoms with van der Waals surface area (Å²) in [6.07, 6.45) is 1.56. The van der Waals surface area contributed by atoms with Gasteiger partial charge in [-0.3, -0.25) is 14.5 Å². The van der Waals surface area contributed by atoms with Crippen molar-refractivity contribution in [2.75, 3.05) is 20.3 Å². The molecule has 6 nitrogen and oxygen atoms in total. The summed E-state index contributed by atoms with van der Waals surface area (Å²) in [6, 6.07) is 10.1. The Hall–Kier alpha value is -3.00. The number of phenols is 1. The maximum absolute atomic E-state index is 12.9. The molecule has 8 heteroatoms. The molecule has 3 rings (SSSR count). The largest absolute Gasteiger partial charge is 0.504 e. The van der Waals surface area contributed by atoms with E-state index in [9.17, 15) is 19.1 Å². The van der Waals surface area contributed by atoms with Gasteiger partial charge in [0.15, 0.2) is 11.5 Å². The van der Waals surface area contributed by atoms with Crippen molar-refractivity contribution in [3.05, 3.63) is 58.8 Å². The third-order valence-corrected chi connectivity index (χ3v) is 4.68.